The van der Waals surface area contributed by atoms with Crippen LogP contribution < -0.4 is 10.6 Å². The summed E-state index contributed by atoms with van der Waals surface area (Å²) >= 11 is 1.62. The molecule has 1 heterocycles. The SMILES string of the molecule is CCc1nc(C(C)NC(=O)NCC(C)CCO)cs1. The van der Waals surface area contributed by atoms with E-state index in [4.69, 9.17) is 5.11 Å². The number of nitrogens with one attached hydrogen (secondary N) is 2. The maximum atomic E-state index is 11.7. The Kier molecular flexibility index (Phi) is 6.80. The maximum absolute atomic E-state index is 11.7. The van der Waals surface area contributed by atoms with E-state index in [0.29, 0.717) is 13.0 Å². The first-order chi connectivity index (χ1) is 9.06. The lowest BCUT2D eigenvalue weighted by Crippen LogP contribution is -2.39. The molecule has 2 amide bonds. The number of aryl methyl sites for hydroxylation is 1. The van der Waals surface area contributed by atoms with Crippen LogP contribution in [0.5, 0.6) is 0 Å². The molecule has 0 aliphatic rings. The van der Waals surface area contributed by atoms with Crippen molar-refractivity contribution in [3.8, 4) is 0 Å². The van der Waals surface area contributed by atoms with Crippen molar-refractivity contribution in [1.82, 2.24) is 15.6 Å². The summed E-state index contributed by atoms with van der Waals surface area (Å²) < 4.78 is 0. The smallest absolute Gasteiger partial charge is 0.315 e. The van der Waals surface area contributed by atoms with Gasteiger partial charge in [0.1, 0.15) is 0 Å². The Labute approximate surface area is 118 Å². The zero-order chi connectivity index (χ0) is 14.3. The molecule has 0 aromatic carbocycles. The number of hydrogen-bond acceptors (Lipinski definition) is 4. The van der Waals surface area contributed by atoms with Crippen molar-refractivity contribution in [2.24, 2.45) is 5.92 Å². The Morgan fingerprint density at radius 1 is 1.53 bits per heavy atom. The molecule has 1 rings (SSSR count). The molecule has 1 aromatic rings. The van der Waals surface area contributed by atoms with Gasteiger partial charge in [0.2, 0.25) is 0 Å². The first-order valence-corrected chi connectivity index (χ1v) is 7.54. The van der Waals surface area contributed by atoms with E-state index in [1.165, 1.54) is 0 Å². The highest BCUT2D eigenvalue weighted by Gasteiger charge is 2.13. The molecule has 0 spiro atoms. The number of hydrogen-bond donors (Lipinski definition) is 3. The number of rotatable bonds is 7. The fourth-order valence-corrected chi connectivity index (χ4v) is 2.44. The Bertz CT molecular complexity index is 395. The number of nitrogens with zero attached hydrogens (tertiary/aromatic N) is 1. The van der Waals surface area contributed by atoms with Crippen molar-refractivity contribution in [3.05, 3.63) is 16.1 Å². The van der Waals surface area contributed by atoms with Gasteiger partial charge in [-0.1, -0.05) is 13.8 Å². The number of urea groups is 1. The molecule has 2 unspecified atom stereocenters. The molecular weight excluding hydrogens is 262 g/mol. The van der Waals surface area contributed by atoms with E-state index in [9.17, 15) is 4.79 Å². The zero-order valence-corrected chi connectivity index (χ0v) is 12.6. The second kappa shape index (κ2) is 8.12. The topological polar surface area (TPSA) is 74.2 Å². The number of amides is 2. The molecule has 0 aliphatic carbocycles. The molecule has 19 heavy (non-hydrogen) atoms. The van der Waals surface area contributed by atoms with E-state index in [1.807, 2.05) is 19.2 Å². The van der Waals surface area contributed by atoms with E-state index in [0.717, 1.165) is 17.1 Å². The monoisotopic (exact) mass is 285 g/mol. The van der Waals surface area contributed by atoms with Gasteiger partial charge >= 0.3 is 6.03 Å². The molecule has 1 aromatic heterocycles. The summed E-state index contributed by atoms with van der Waals surface area (Å²) in [6.45, 7) is 6.70. The summed E-state index contributed by atoms with van der Waals surface area (Å²) in [5.74, 6) is 0.275. The van der Waals surface area contributed by atoms with Crippen molar-refractivity contribution in [3.63, 3.8) is 0 Å². The largest absolute Gasteiger partial charge is 0.396 e. The van der Waals surface area contributed by atoms with Gasteiger partial charge in [0.05, 0.1) is 16.7 Å². The Morgan fingerprint density at radius 3 is 2.84 bits per heavy atom. The highest BCUT2D eigenvalue weighted by Crippen LogP contribution is 2.16. The number of thiazole rings is 1. The minimum Gasteiger partial charge on any atom is -0.396 e. The van der Waals surface area contributed by atoms with Gasteiger partial charge in [-0.2, -0.15) is 0 Å². The van der Waals surface area contributed by atoms with Crippen LogP contribution in [0.25, 0.3) is 0 Å². The van der Waals surface area contributed by atoms with E-state index in [1.54, 1.807) is 11.3 Å². The summed E-state index contributed by atoms with van der Waals surface area (Å²) in [5.41, 5.74) is 0.903. The Hall–Kier alpha value is -1.14. The lowest BCUT2D eigenvalue weighted by Gasteiger charge is -2.15. The molecule has 0 bridgehead atoms. The molecule has 0 saturated carbocycles. The van der Waals surface area contributed by atoms with Gasteiger partial charge in [-0.15, -0.1) is 11.3 Å². The Morgan fingerprint density at radius 2 is 2.26 bits per heavy atom. The van der Waals surface area contributed by atoms with Crippen molar-refractivity contribution in [1.29, 1.82) is 0 Å². The molecular formula is C13H23N3O2S. The third-order valence-electron chi connectivity index (χ3n) is 2.90. The van der Waals surface area contributed by atoms with Crippen molar-refractivity contribution in [2.45, 2.75) is 39.7 Å². The molecule has 0 radical (unpaired) electrons. The normalized spacial score (nSPS) is 13.9. The molecule has 6 heteroatoms. The number of carbonyl (C=O) groups excluding carboxylic acids is 1. The van der Waals surface area contributed by atoms with Crippen LogP contribution in [0.2, 0.25) is 0 Å². The lowest BCUT2D eigenvalue weighted by molar-refractivity contribution is 0.231. The van der Waals surface area contributed by atoms with Crippen molar-refractivity contribution in [2.75, 3.05) is 13.2 Å². The molecule has 3 N–H and O–H groups in total. The predicted molar refractivity (Wildman–Crippen MR) is 77.3 cm³/mol. The van der Waals surface area contributed by atoms with Gasteiger partial charge in [0, 0.05) is 18.5 Å². The standard InChI is InChI=1S/C13H23N3O2S/c1-4-12-16-11(8-19-12)10(3)15-13(18)14-7-9(2)5-6-17/h8-10,17H,4-7H2,1-3H3,(H2,14,15,18). The second-order valence-electron chi connectivity index (χ2n) is 4.71. The van der Waals surface area contributed by atoms with E-state index < -0.39 is 0 Å². The minimum absolute atomic E-state index is 0.0929. The summed E-state index contributed by atoms with van der Waals surface area (Å²) in [5, 5.41) is 17.5. The average Bonchev–Trinajstić information content (AvgIpc) is 2.85. The summed E-state index contributed by atoms with van der Waals surface area (Å²) in [4.78, 5) is 16.2. The molecule has 0 saturated heterocycles. The van der Waals surface area contributed by atoms with Gasteiger partial charge in [0.25, 0.3) is 0 Å². The van der Waals surface area contributed by atoms with Gasteiger partial charge in [-0.25, -0.2) is 9.78 Å². The van der Waals surface area contributed by atoms with Crippen molar-refractivity contribution >= 4 is 17.4 Å². The molecule has 108 valence electrons. The van der Waals surface area contributed by atoms with E-state index in [-0.39, 0.29) is 24.6 Å². The van der Waals surface area contributed by atoms with Gasteiger partial charge in [-0.3, -0.25) is 0 Å². The number of aromatic nitrogens is 1. The van der Waals surface area contributed by atoms with Crippen LogP contribution in [-0.2, 0) is 6.42 Å². The quantitative estimate of drug-likeness (QED) is 0.718. The molecule has 0 aliphatic heterocycles. The van der Waals surface area contributed by atoms with Crippen LogP contribution in [0.1, 0.15) is 43.9 Å². The van der Waals surface area contributed by atoms with Crippen LogP contribution in [0, 0.1) is 5.92 Å². The van der Waals surface area contributed by atoms with E-state index in [2.05, 4.69) is 22.5 Å². The zero-order valence-electron chi connectivity index (χ0n) is 11.8. The van der Waals surface area contributed by atoms with Crippen LogP contribution in [0.4, 0.5) is 4.79 Å². The maximum Gasteiger partial charge on any atom is 0.315 e. The first kappa shape index (κ1) is 15.9. The van der Waals surface area contributed by atoms with Crippen LogP contribution in [0.15, 0.2) is 5.38 Å². The van der Waals surface area contributed by atoms with Gasteiger partial charge in [-0.05, 0) is 25.7 Å². The Balaban J connectivity index is 2.35. The fourth-order valence-electron chi connectivity index (χ4n) is 1.60. The minimum atomic E-state index is -0.191. The van der Waals surface area contributed by atoms with Crippen molar-refractivity contribution < 1.29 is 9.90 Å². The fraction of sp³-hybridized carbons (Fsp3) is 0.692. The third kappa shape index (κ3) is 5.57. The predicted octanol–water partition coefficient (Wildman–Crippen LogP) is 2.08. The highest BCUT2D eigenvalue weighted by atomic mass is 32.1. The highest BCUT2D eigenvalue weighted by molar-refractivity contribution is 7.09. The van der Waals surface area contributed by atoms with E-state index >= 15 is 0 Å². The number of aliphatic hydroxyl groups excluding tert-OH is 1. The third-order valence-corrected chi connectivity index (χ3v) is 3.91. The summed E-state index contributed by atoms with van der Waals surface area (Å²) in [6.07, 6.45) is 1.62. The summed E-state index contributed by atoms with van der Waals surface area (Å²) in [7, 11) is 0. The number of aliphatic hydroxyl groups is 1. The van der Waals surface area contributed by atoms with Gasteiger partial charge in [0.15, 0.2) is 0 Å². The summed E-state index contributed by atoms with van der Waals surface area (Å²) in [6, 6.07) is -0.284. The van der Waals surface area contributed by atoms with Crippen LogP contribution >= 0.6 is 11.3 Å². The molecule has 0 fully saturated rings. The van der Waals surface area contributed by atoms with Gasteiger partial charge < -0.3 is 15.7 Å². The molecule has 2 atom stereocenters. The first-order valence-electron chi connectivity index (χ1n) is 6.66. The van der Waals surface area contributed by atoms with Crippen LogP contribution in [-0.4, -0.2) is 29.3 Å². The lowest BCUT2D eigenvalue weighted by atomic mass is 10.1. The average molecular weight is 285 g/mol. The second-order valence-corrected chi connectivity index (χ2v) is 5.66. The number of carbonyl (C=O) groups is 1. The van der Waals surface area contributed by atoms with Crippen LogP contribution in [0.3, 0.4) is 0 Å². The molecule has 5 nitrogen and oxygen atoms in total.